The fourth-order valence-electron chi connectivity index (χ4n) is 13.4. The standard InChI is InChI=1S/C58H90F4O/c1-3-5-7-9-11-13-15-17-21-43-27-31-45(32-28-43)47-35-39-49(40-36-47)57(51-23-19-25-53(59)55(51)61)63-58(52-24-20-26-54(60)56(52)62)50-41-37-48(38-42-50)46-33-29-44(30-34-46)22-18-16-14-12-10-8-6-4-2/h19-20,23-26,43-50,57-58H,3-18,21-22,27-42H2,1-2H3/t43-,44-,45-,46-,47-,48-,49-,50-,57?,58?. The molecule has 0 amide bonds. The number of unbranched alkanes of at least 4 members (excludes halogenated alkanes) is 14. The summed E-state index contributed by atoms with van der Waals surface area (Å²) in [6.45, 7) is 4.57. The molecule has 4 fully saturated rings. The molecule has 0 radical (unpaired) electrons. The summed E-state index contributed by atoms with van der Waals surface area (Å²) in [5.74, 6) is 1.10. The molecule has 0 spiro atoms. The molecule has 2 atom stereocenters. The van der Waals surface area contributed by atoms with Crippen LogP contribution >= 0.6 is 0 Å². The van der Waals surface area contributed by atoms with Crippen molar-refractivity contribution in [3.8, 4) is 0 Å². The number of ether oxygens (including phenoxy) is 1. The van der Waals surface area contributed by atoms with Crippen molar-refractivity contribution in [3.63, 3.8) is 0 Å². The van der Waals surface area contributed by atoms with Gasteiger partial charge in [-0.05, 0) is 137 Å². The summed E-state index contributed by atoms with van der Waals surface area (Å²) in [4.78, 5) is 0. The van der Waals surface area contributed by atoms with Crippen molar-refractivity contribution in [2.24, 2.45) is 47.3 Å². The Kier molecular flexibility index (Phi) is 22.2. The minimum absolute atomic E-state index is 0.00713. The Bertz CT molecular complexity index is 1410. The molecule has 356 valence electrons. The molecule has 4 aliphatic carbocycles. The zero-order chi connectivity index (χ0) is 44.2. The van der Waals surface area contributed by atoms with Crippen LogP contribution in [0, 0.1) is 70.6 Å². The van der Waals surface area contributed by atoms with Crippen molar-refractivity contribution in [2.75, 3.05) is 0 Å². The number of hydrogen-bond donors (Lipinski definition) is 0. The number of benzene rings is 2. The van der Waals surface area contributed by atoms with Crippen LogP contribution in [0.15, 0.2) is 36.4 Å². The van der Waals surface area contributed by atoms with Gasteiger partial charge >= 0.3 is 0 Å². The van der Waals surface area contributed by atoms with Gasteiger partial charge in [-0.25, -0.2) is 17.6 Å². The van der Waals surface area contributed by atoms with E-state index in [0.29, 0.717) is 11.8 Å². The molecule has 0 bridgehead atoms. The lowest BCUT2D eigenvalue weighted by molar-refractivity contribution is -0.0962. The number of halogens is 4. The van der Waals surface area contributed by atoms with Crippen molar-refractivity contribution >= 4 is 0 Å². The maximum Gasteiger partial charge on any atom is 0.164 e. The molecule has 0 aliphatic heterocycles. The second-order valence-corrected chi connectivity index (χ2v) is 21.7. The zero-order valence-electron chi connectivity index (χ0n) is 40.2. The topological polar surface area (TPSA) is 9.23 Å². The summed E-state index contributed by atoms with van der Waals surface area (Å²) in [6, 6.07) is 8.84. The molecule has 2 aromatic carbocycles. The van der Waals surface area contributed by atoms with Crippen molar-refractivity contribution in [1.82, 2.24) is 0 Å². The monoisotopic (exact) mass is 879 g/mol. The van der Waals surface area contributed by atoms with Gasteiger partial charge in [0.25, 0.3) is 0 Å². The van der Waals surface area contributed by atoms with Gasteiger partial charge in [-0.2, -0.15) is 0 Å². The Morgan fingerprint density at radius 2 is 0.698 bits per heavy atom. The predicted octanol–water partition coefficient (Wildman–Crippen LogP) is 19.3. The molecule has 0 N–H and O–H groups in total. The minimum Gasteiger partial charge on any atom is -0.365 e. The van der Waals surface area contributed by atoms with Gasteiger partial charge in [0.05, 0.1) is 12.2 Å². The lowest BCUT2D eigenvalue weighted by Gasteiger charge is -2.43. The first kappa shape index (κ1) is 50.5. The predicted molar refractivity (Wildman–Crippen MR) is 256 cm³/mol. The SMILES string of the molecule is CCCCCCCCCC[C@H]1CC[C@H]([C@H]2CC[C@H](C(OC(c3cccc(F)c3F)[C@H]3CC[C@H]([C@H]4CC[C@H](CCCCCCCCCC)CC4)CC3)c3cccc(F)c3F)CC2)CC1. The lowest BCUT2D eigenvalue weighted by atomic mass is 9.67. The number of hydrogen-bond acceptors (Lipinski definition) is 1. The molecule has 0 aromatic heterocycles. The van der Waals surface area contributed by atoms with E-state index in [1.807, 2.05) is 0 Å². The molecule has 2 unspecified atom stereocenters. The first-order valence-electron chi connectivity index (χ1n) is 27.4. The van der Waals surface area contributed by atoms with Crippen LogP contribution in [0.4, 0.5) is 17.6 Å². The van der Waals surface area contributed by atoms with Crippen molar-refractivity contribution in [1.29, 1.82) is 0 Å². The Morgan fingerprint density at radius 3 is 1.03 bits per heavy atom. The third kappa shape index (κ3) is 15.6. The molecule has 6 rings (SSSR count). The molecule has 4 aliphatic rings. The van der Waals surface area contributed by atoms with Gasteiger partial charge in [-0.3, -0.25) is 0 Å². The molecular weight excluding hydrogens is 789 g/mol. The average Bonchev–Trinajstić information content (AvgIpc) is 3.31. The summed E-state index contributed by atoms with van der Waals surface area (Å²) < 4.78 is 68.9. The molecule has 5 heteroatoms. The highest BCUT2D eigenvalue weighted by Gasteiger charge is 2.41. The van der Waals surface area contributed by atoms with E-state index < -0.39 is 35.5 Å². The minimum atomic E-state index is -0.875. The summed E-state index contributed by atoms with van der Waals surface area (Å²) in [5.41, 5.74) is 0.471. The van der Waals surface area contributed by atoms with Gasteiger partial charge in [-0.1, -0.05) is 179 Å². The zero-order valence-corrected chi connectivity index (χ0v) is 40.2. The van der Waals surface area contributed by atoms with Gasteiger partial charge < -0.3 is 4.74 Å². The number of rotatable bonds is 26. The maximum absolute atomic E-state index is 15.9. The summed E-state index contributed by atoms with van der Waals surface area (Å²) in [5, 5.41) is 0. The largest absolute Gasteiger partial charge is 0.365 e. The third-order valence-electron chi connectivity index (χ3n) is 17.4. The van der Waals surface area contributed by atoms with Crippen LogP contribution in [0.3, 0.4) is 0 Å². The van der Waals surface area contributed by atoms with E-state index >= 15 is 8.78 Å². The Hall–Kier alpha value is -1.88. The molecule has 2 aromatic rings. The van der Waals surface area contributed by atoms with E-state index in [1.165, 1.54) is 179 Å². The smallest absolute Gasteiger partial charge is 0.164 e. The van der Waals surface area contributed by atoms with Gasteiger partial charge in [0.2, 0.25) is 0 Å². The molecule has 63 heavy (non-hydrogen) atoms. The van der Waals surface area contributed by atoms with Crippen LogP contribution in [0.2, 0.25) is 0 Å². The van der Waals surface area contributed by atoms with Crippen LogP contribution in [-0.4, -0.2) is 0 Å². The molecule has 1 nitrogen and oxygen atoms in total. The van der Waals surface area contributed by atoms with E-state index in [2.05, 4.69) is 13.8 Å². The summed E-state index contributed by atoms with van der Waals surface area (Å²) in [7, 11) is 0. The average molecular weight is 879 g/mol. The van der Waals surface area contributed by atoms with Crippen LogP contribution in [0.1, 0.15) is 255 Å². The maximum atomic E-state index is 15.9. The van der Waals surface area contributed by atoms with E-state index in [9.17, 15) is 8.78 Å². The summed E-state index contributed by atoms with van der Waals surface area (Å²) in [6.07, 6.45) is 42.0. The molecule has 4 saturated carbocycles. The van der Waals surface area contributed by atoms with Crippen LogP contribution < -0.4 is 0 Å². The Balaban J connectivity index is 1.02. The second kappa shape index (κ2) is 27.7. The highest BCUT2D eigenvalue weighted by atomic mass is 19.2. The van der Waals surface area contributed by atoms with Gasteiger partial charge in [0.15, 0.2) is 23.3 Å². The van der Waals surface area contributed by atoms with Gasteiger partial charge in [0.1, 0.15) is 0 Å². The Labute approximate surface area is 383 Å². The third-order valence-corrected chi connectivity index (χ3v) is 17.4. The highest BCUT2D eigenvalue weighted by Crippen LogP contribution is 2.51. The van der Waals surface area contributed by atoms with Crippen molar-refractivity contribution in [2.45, 2.75) is 244 Å². The van der Waals surface area contributed by atoms with Crippen LogP contribution in [0.5, 0.6) is 0 Å². The fraction of sp³-hybridized carbons (Fsp3) is 0.793. The van der Waals surface area contributed by atoms with E-state index in [-0.39, 0.29) is 23.0 Å². The van der Waals surface area contributed by atoms with Crippen molar-refractivity contribution < 1.29 is 22.3 Å². The summed E-state index contributed by atoms with van der Waals surface area (Å²) >= 11 is 0. The Morgan fingerprint density at radius 1 is 0.397 bits per heavy atom. The first-order valence-corrected chi connectivity index (χ1v) is 27.4. The van der Waals surface area contributed by atoms with Gasteiger partial charge in [-0.15, -0.1) is 0 Å². The van der Waals surface area contributed by atoms with Crippen LogP contribution in [-0.2, 0) is 4.74 Å². The second-order valence-electron chi connectivity index (χ2n) is 21.7. The molecule has 0 heterocycles. The quantitative estimate of drug-likeness (QED) is 0.0676. The van der Waals surface area contributed by atoms with Gasteiger partial charge in [0, 0.05) is 11.1 Å². The van der Waals surface area contributed by atoms with E-state index in [0.717, 1.165) is 75.0 Å². The van der Waals surface area contributed by atoms with E-state index in [1.54, 1.807) is 24.3 Å². The highest BCUT2D eigenvalue weighted by molar-refractivity contribution is 5.25. The normalized spacial score (nSPS) is 27.9. The lowest BCUT2D eigenvalue weighted by Crippen LogP contribution is -2.32. The van der Waals surface area contributed by atoms with E-state index in [4.69, 9.17) is 4.74 Å². The van der Waals surface area contributed by atoms with Crippen molar-refractivity contribution in [3.05, 3.63) is 70.8 Å². The molecule has 0 saturated heterocycles. The molecular formula is C58H90F4O. The van der Waals surface area contributed by atoms with Crippen LogP contribution in [0.25, 0.3) is 0 Å². The fourth-order valence-corrected chi connectivity index (χ4v) is 13.4. The first-order chi connectivity index (χ1) is 30.9.